The summed E-state index contributed by atoms with van der Waals surface area (Å²) in [6, 6.07) is 13.1. The molecular formula is C43H54N6O10S. The van der Waals surface area contributed by atoms with Crippen LogP contribution in [0.4, 0.5) is 10.5 Å². The number of carbonyl (C=O) groups excluding carboxylic acids is 4. The smallest absolute Gasteiger partial charge is 0.408 e. The van der Waals surface area contributed by atoms with Crippen LogP contribution in [0.5, 0.6) is 11.6 Å². The first-order chi connectivity index (χ1) is 28.5. The first-order valence-electron chi connectivity index (χ1n) is 20.3. The lowest BCUT2D eigenvalue weighted by atomic mass is 10.1. The van der Waals surface area contributed by atoms with E-state index < -0.39 is 74.3 Å². The lowest BCUT2D eigenvalue weighted by Gasteiger charge is -2.30. The fourth-order valence-electron chi connectivity index (χ4n) is 7.66. The quantitative estimate of drug-likeness (QED) is 0.262. The SMILES string of the molecule is COc1ccc(-c2cc3cc(N(C)C)ccc3c(OC3C[C@H]4C(=O)N[C@]5(C(=O)NS(=O)(=O)C6CC6)C[C@H]5C=CCOCCC[C@H](NC(=O)OC(C)(C)C)C(=O)N4C3)n2)cc1. The van der Waals surface area contributed by atoms with Gasteiger partial charge in [0.25, 0.3) is 5.91 Å². The van der Waals surface area contributed by atoms with Gasteiger partial charge in [0.05, 0.1) is 31.2 Å². The van der Waals surface area contributed by atoms with E-state index >= 15 is 0 Å². The highest BCUT2D eigenvalue weighted by Gasteiger charge is 2.62. The van der Waals surface area contributed by atoms with Crippen LogP contribution in [0.15, 0.2) is 60.7 Å². The molecule has 16 nitrogen and oxygen atoms in total. The summed E-state index contributed by atoms with van der Waals surface area (Å²) in [7, 11) is 1.55. The molecule has 2 aromatic carbocycles. The number of fused-ring (bicyclic) bond motifs is 3. The van der Waals surface area contributed by atoms with E-state index in [1.54, 1.807) is 40.0 Å². The zero-order valence-electron chi connectivity index (χ0n) is 34.9. The van der Waals surface area contributed by atoms with E-state index in [9.17, 15) is 27.6 Å². The van der Waals surface area contributed by atoms with Gasteiger partial charge in [-0.05, 0) is 107 Å². The fourth-order valence-corrected chi connectivity index (χ4v) is 9.02. The number of carbonyl (C=O) groups is 4. The minimum Gasteiger partial charge on any atom is -0.497 e. The zero-order valence-corrected chi connectivity index (χ0v) is 35.7. The summed E-state index contributed by atoms with van der Waals surface area (Å²) < 4.78 is 51.4. The van der Waals surface area contributed by atoms with E-state index in [4.69, 9.17) is 23.9 Å². The van der Waals surface area contributed by atoms with E-state index in [1.165, 1.54) is 4.90 Å². The maximum absolute atomic E-state index is 14.7. The number of alkyl carbamates (subject to hydrolysis) is 1. The number of benzene rings is 2. The second kappa shape index (κ2) is 16.9. The van der Waals surface area contributed by atoms with Gasteiger partial charge in [-0.1, -0.05) is 12.2 Å². The molecule has 2 aliphatic carbocycles. The lowest BCUT2D eigenvalue weighted by Crippen LogP contribution is -2.58. The maximum Gasteiger partial charge on any atom is 0.408 e. The number of pyridine rings is 1. The van der Waals surface area contributed by atoms with Crippen LogP contribution >= 0.6 is 0 Å². The molecule has 2 aliphatic heterocycles. The second-order valence-electron chi connectivity index (χ2n) is 17.1. The first-order valence-corrected chi connectivity index (χ1v) is 21.9. The van der Waals surface area contributed by atoms with Gasteiger partial charge in [0.1, 0.15) is 35.1 Å². The minimum atomic E-state index is -3.94. The fraction of sp³-hybridized carbons (Fsp3) is 0.512. The Kier molecular flexibility index (Phi) is 12.0. The molecule has 60 heavy (non-hydrogen) atoms. The van der Waals surface area contributed by atoms with Crippen molar-refractivity contribution in [2.24, 2.45) is 5.92 Å². The number of nitrogens with one attached hydrogen (secondary N) is 3. The van der Waals surface area contributed by atoms with E-state index in [2.05, 4.69) is 15.4 Å². The number of anilines is 1. The molecule has 3 N–H and O–H groups in total. The summed E-state index contributed by atoms with van der Waals surface area (Å²) in [5.74, 6) is -1.59. The van der Waals surface area contributed by atoms with Gasteiger partial charge in [0, 0.05) is 49.7 Å². The Morgan fingerprint density at radius 2 is 1.80 bits per heavy atom. The van der Waals surface area contributed by atoms with Crippen molar-refractivity contribution in [1.29, 1.82) is 0 Å². The van der Waals surface area contributed by atoms with Gasteiger partial charge in [0.15, 0.2) is 0 Å². The second-order valence-corrected chi connectivity index (χ2v) is 19.1. The Labute approximate surface area is 350 Å². The highest BCUT2D eigenvalue weighted by atomic mass is 32.2. The predicted molar refractivity (Wildman–Crippen MR) is 224 cm³/mol. The molecule has 7 rings (SSSR count). The molecule has 1 saturated heterocycles. The summed E-state index contributed by atoms with van der Waals surface area (Å²) >= 11 is 0. The van der Waals surface area contributed by atoms with Crippen molar-refractivity contribution >= 4 is 50.3 Å². The van der Waals surface area contributed by atoms with E-state index in [0.717, 1.165) is 16.6 Å². The van der Waals surface area contributed by atoms with Gasteiger partial charge in [0.2, 0.25) is 27.7 Å². The van der Waals surface area contributed by atoms with Crippen LogP contribution in [-0.4, -0.2) is 118 Å². The van der Waals surface area contributed by atoms with Crippen molar-refractivity contribution < 1.29 is 46.5 Å². The maximum atomic E-state index is 14.7. The number of ether oxygens (including phenoxy) is 4. The summed E-state index contributed by atoms with van der Waals surface area (Å²) in [6.45, 7) is 5.52. The van der Waals surface area contributed by atoms with E-state index in [-0.39, 0.29) is 39.0 Å². The van der Waals surface area contributed by atoms with Crippen molar-refractivity contribution in [3.05, 3.63) is 60.7 Å². The first kappa shape index (κ1) is 42.7. The summed E-state index contributed by atoms with van der Waals surface area (Å²) in [4.78, 5) is 64.5. The number of hydrogen-bond donors (Lipinski definition) is 3. The van der Waals surface area contributed by atoms with Crippen LogP contribution in [-0.2, 0) is 33.9 Å². The summed E-state index contributed by atoms with van der Waals surface area (Å²) in [5.41, 5.74) is -0.0231. The molecule has 0 radical (unpaired) electrons. The highest BCUT2D eigenvalue weighted by molar-refractivity contribution is 7.91. The molecule has 0 bridgehead atoms. The summed E-state index contributed by atoms with van der Waals surface area (Å²) in [6.07, 6.45) is 3.53. The average Bonchev–Trinajstić information content (AvgIpc) is 4.12. The molecule has 1 aromatic heterocycles. The van der Waals surface area contributed by atoms with Crippen LogP contribution in [0.1, 0.15) is 59.3 Å². The molecular weight excluding hydrogens is 793 g/mol. The molecule has 0 spiro atoms. The standard InChI is InChI=1S/C43H54N6O10S/c1-42(2,3)59-41(53)45-34-10-8-20-57-19-7-9-28-24-43(28,40(52)47-60(54,55)32-16-17-32)46-37(50)36-23-31(25-49(36)39(34)51)58-38-33-18-13-29(48(4)5)21-27(33)22-35(44-38)26-11-14-30(56-6)15-12-26/h7,9,11-15,18,21-22,28,31-32,34,36H,8,10,16-17,19-20,23-25H2,1-6H3,(H,45,53)(H,46,50)(H,47,52)/t28-,31?,34+,36+,43-/m1/s1. The molecule has 3 aromatic rings. The molecule has 2 saturated carbocycles. The van der Waals surface area contributed by atoms with Crippen molar-refractivity contribution in [2.45, 2.75) is 93.9 Å². The van der Waals surface area contributed by atoms with E-state index in [1.807, 2.05) is 67.5 Å². The van der Waals surface area contributed by atoms with Gasteiger partial charge in [-0.3, -0.25) is 19.1 Å². The van der Waals surface area contributed by atoms with E-state index in [0.29, 0.717) is 42.0 Å². The molecule has 1 unspecified atom stereocenters. The Hall–Kier alpha value is -5.42. The Morgan fingerprint density at radius 3 is 2.48 bits per heavy atom. The molecule has 3 heterocycles. The van der Waals surface area contributed by atoms with Crippen LogP contribution in [0.25, 0.3) is 22.0 Å². The lowest BCUT2D eigenvalue weighted by molar-refractivity contribution is -0.141. The molecule has 17 heteroatoms. The third-order valence-electron chi connectivity index (χ3n) is 11.1. The number of hydrogen-bond acceptors (Lipinski definition) is 12. The van der Waals surface area contributed by atoms with Crippen molar-refractivity contribution in [1.82, 2.24) is 25.2 Å². The largest absolute Gasteiger partial charge is 0.497 e. The number of methoxy groups -OCH3 is 1. The van der Waals surface area contributed by atoms with Gasteiger partial charge >= 0.3 is 6.09 Å². The van der Waals surface area contributed by atoms with Crippen molar-refractivity contribution in [3.8, 4) is 22.9 Å². The molecule has 4 aliphatic rings. The Balaban J connectivity index is 1.24. The molecule has 4 amide bonds. The number of sulfonamides is 1. The third kappa shape index (κ3) is 9.62. The van der Waals surface area contributed by atoms with Gasteiger partial charge in [-0.25, -0.2) is 18.2 Å². The number of rotatable bonds is 9. The molecule has 322 valence electrons. The van der Waals surface area contributed by atoms with Crippen molar-refractivity contribution in [3.63, 3.8) is 0 Å². The van der Waals surface area contributed by atoms with Crippen LogP contribution in [0.3, 0.4) is 0 Å². The Morgan fingerprint density at radius 1 is 1.05 bits per heavy atom. The molecule has 3 fully saturated rings. The van der Waals surface area contributed by atoms with Crippen molar-refractivity contribution in [2.75, 3.05) is 45.9 Å². The predicted octanol–water partition coefficient (Wildman–Crippen LogP) is 4.07. The van der Waals surface area contributed by atoms with Gasteiger partial charge in [-0.15, -0.1) is 0 Å². The van der Waals surface area contributed by atoms with Gasteiger partial charge < -0.3 is 39.4 Å². The van der Waals surface area contributed by atoms with Gasteiger partial charge in [-0.2, -0.15) is 0 Å². The highest BCUT2D eigenvalue weighted by Crippen LogP contribution is 2.46. The molecule has 5 atom stereocenters. The monoisotopic (exact) mass is 846 g/mol. The average molecular weight is 847 g/mol. The minimum absolute atomic E-state index is 0.00410. The number of aromatic nitrogens is 1. The number of amides is 4. The zero-order chi connectivity index (χ0) is 43.0. The summed E-state index contributed by atoms with van der Waals surface area (Å²) in [5, 5.41) is 6.49. The third-order valence-corrected chi connectivity index (χ3v) is 12.9. The van der Waals surface area contributed by atoms with Crippen LogP contribution in [0, 0.1) is 5.92 Å². The number of nitrogens with zero attached hydrogens (tertiary/aromatic N) is 3. The van der Waals surface area contributed by atoms with Crippen LogP contribution < -0.4 is 29.7 Å². The Bertz CT molecular complexity index is 2270. The topological polar surface area (TPSA) is 195 Å². The van der Waals surface area contributed by atoms with Crippen LogP contribution in [0.2, 0.25) is 0 Å². The normalized spacial score (nSPS) is 24.9.